The van der Waals surface area contributed by atoms with E-state index in [1.54, 1.807) is 4.68 Å². The van der Waals surface area contributed by atoms with Gasteiger partial charge in [0, 0.05) is 24.8 Å². The average Bonchev–Trinajstić information content (AvgIpc) is 2.83. The Morgan fingerprint density at radius 2 is 2.20 bits per heavy atom. The molecular formula is C16H23N3O. The highest BCUT2D eigenvalue weighted by molar-refractivity contribution is 5.37. The maximum Gasteiger partial charge on any atom is 0.122 e. The minimum atomic E-state index is 0.367. The fourth-order valence-corrected chi connectivity index (χ4v) is 2.24. The Balaban J connectivity index is 2.02. The molecule has 0 saturated carbocycles. The highest BCUT2D eigenvalue weighted by atomic mass is 16.5. The molecule has 0 radical (unpaired) electrons. The van der Waals surface area contributed by atoms with Crippen LogP contribution in [-0.4, -0.2) is 16.3 Å². The summed E-state index contributed by atoms with van der Waals surface area (Å²) in [7, 11) is 1.91. The number of hydrogen-bond donors (Lipinski definition) is 1. The summed E-state index contributed by atoms with van der Waals surface area (Å²) >= 11 is 0. The van der Waals surface area contributed by atoms with Crippen molar-refractivity contribution >= 4 is 0 Å². The molecule has 0 aliphatic carbocycles. The van der Waals surface area contributed by atoms with Gasteiger partial charge in [0.05, 0.1) is 6.20 Å². The summed E-state index contributed by atoms with van der Waals surface area (Å²) in [5.41, 5.74) is 3.53. The zero-order chi connectivity index (χ0) is 14.5. The van der Waals surface area contributed by atoms with Gasteiger partial charge in [0.2, 0.25) is 0 Å². The molecule has 0 spiro atoms. The molecule has 1 aromatic heterocycles. The molecule has 1 unspecified atom stereocenters. The van der Waals surface area contributed by atoms with E-state index in [0.717, 1.165) is 23.4 Å². The average molecular weight is 273 g/mol. The van der Waals surface area contributed by atoms with Gasteiger partial charge in [-0.2, -0.15) is 5.10 Å². The molecule has 1 N–H and O–H groups in total. The largest absolute Gasteiger partial charge is 0.489 e. The molecule has 4 heteroatoms. The van der Waals surface area contributed by atoms with Gasteiger partial charge >= 0.3 is 0 Å². The summed E-state index contributed by atoms with van der Waals surface area (Å²) in [5, 5.41) is 7.55. The molecule has 0 amide bonds. The zero-order valence-electron chi connectivity index (χ0n) is 12.7. The Morgan fingerprint density at radius 1 is 1.40 bits per heavy atom. The van der Waals surface area contributed by atoms with Gasteiger partial charge in [-0.15, -0.1) is 0 Å². The first-order valence-corrected chi connectivity index (χ1v) is 7.04. The fourth-order valence-electron chi connectivity index (χ4n) is 2.24. The quantitative estimate of drug-likeness (QED) is 0.879. The third kappa shape index (κ3) is 3.61. The van der Waals surface area contributed by atoms with Crippen molar-refractivity contribution in [1.82, 2.24) is 15.1 Å². The second-order valence-corrected chi connectivity index (χ2v) is 5.12. The first-order valence-electron chi connectivity index (χ1n) is 7.04. The molecule has 1 atom stereocenters. The molecule has 1 heterocycles. The van der Waals surface area contributed by atoms with Gasteiger partial charge in [-0.25, -0.2) is 0 Å². The number of aryl methyl sites for hydroxylation is 2. The van der Waals surface area contributed by atoms with E-state index in [9.17, 15) is 0 Å². The number of benzene rings is 1. The number of rotatable bonds is 6. The predicted octanol–water partition coefficient (Wildman–Crippen LogP) is 2.98. The van der Waals surface area contributed by atoms with Crippen molar-refractivity contribution < 1.29 is 4.74 Å². The van der Waals surface area contributed by atoms with Crippen molar-refractivity contribution in [2.75, 3.05) is 6.54 Å². The van der Waals surface area contributed by atoms with Gasteiger partial charge in [0.15, 0.2) is 0 Å². The highest BCUT2D eigenvalue weighted by Gasteiger charge is 2.07. The van der Waals surface area contributed by atoms with E-state index in [-0.39, 0.29) is 0 Å². The lowest BCUT2D eigenvalue weighted by molar-refractivity contribution is 0.304. The van der Waals surface area contributed by atoms with Crippen LogP contribution in [0.2, 0.25) is 0 Å². The summed E-state index contributed by atoms with van der Waals surface area (Å²) in [6, 6.07) is 6.73. The van der Waals surface area contributed by atoms with E-state index in [2.05, 4.69) is 49.4 Å². The molecule has 2 rings (SSSR count). The lowest BCUT2D eigenvalue weighted by atomic mass is 10.1. The number of nitrogens with one attached hydrogen (secondary N) is 1. The van der Waals surface area contributed by atoms with Crippen LogP contribution in [0, 0.1) is 6.92 Å². The third-order valence-electron chi connectivity index (χ3n) is 3.36. The highest BCUT2D eigenvalue weighted by Crippen LogP contribution is 2.23. The van der Waals surface area contributed by atoms with Crippen LogP contribution in [-0.2, 0) is 13.7 Å². The Hall–Kier alpha value is -1.81. The Morgan fingerprint density at radius 3 is 2.80 bits per heavy atom. The molecule has 0 saturated heterocycles. The number of hydrogen-bond acceptors (Lipinski definition) is 3. The van der Waals surface area contributed by atoms with Gasteiger partial charge in [-0.3, -0.25) is 4.68 Å². The maximum atomic E-state index is 5.86. The number of ether oxygens (including phenoxy) is 1. The zero-order valence-corrected chi connectivity index (χ0v) is 12.7. The number of nitrogens with zero attached hydrogens (tertiary/aromatic N) is 2. The van der Waals surface area contributed by atoms with Crippen molar-refractivity contribution in [2.45, 2.75) is 33.4 Å². The SMILES string of the molecule is CCNC(C)c1ccc(OCc2cnn(C)c2)c(C)c1. The topological polar surface area (TPSA) is 39.1 Å². The second-order valence-electron chi connectivity index (χ2n) is 5.12. The molecule has 0 aliphatic heterocycles. The molecule has 0 bridgehead atoms. The smallest absolute Gasteiger partial charge is 0.122 e. The summed E-state index contributed by atoms with van der Waals surface area (Å²) < 4.78 is 7.64. The van der Waals surface area contributed by atoms with Crippen LogP contribution in [0.5, 0.6) is 5.75 Å². The van der Waals surface area contributed by atoms with Crippen LogP contribution in [0.25, 0.3) is 0 Å². The number of aromatic nitrogens is 2. The van der Waals surface area contributed by atoms with Crippen LogP contribution < -0.4 is 10.1 Å². The Labute approximate surface area is 120 Å². The van der Waals surface area contributed by atoms with E-state index in [1.165, 1.54) is 5.56 Å². The van der Waals surface area contributed by atoms with E-state index >= 15 is 0 Å². The fraction of sp³-hybridized carbons (Fsp3) is 0.438. The molecule has 0 fully saturated rings. The van der Waals surface area contributed by atoms with Crippen LogP contribution in [0.15, 0.2) is 30.6 Å². The lowest BCUT2D eigenvalue weighted by Crippen LogP contribution is -2.17. The van der Waals surface area contributed by atoms with Crippen molar-refractivity contribution in [3.8, 4) is 5.75 Å². The monoisotopic (exact) mass is 273 g/mol. The summed E-state index contributed by atoms with van der Waals surface area (Å²) in [6.07, 6.45) is 3.80. The normalized spacial score (nSPS) is 12.4. The molecule has 2 aromatic rings. The minimum absolute atomic E-state index is 0.367. The van der Waals surface area contributed by atoms with Gasteiger partial charge in [-0.05, 0) is 37.6 Å². The van der Waals surface area contributed by atoms with Gasteiger partial charge < -0.3 is 10.1 Å². The Kier molecular flexibility index (Phi) is 4.79. The molecule has 1 aromatic carbocycles. The maximum absolute atomic E-state index is 5.86. The van der Waals surface area contributed by atoms with E-state index in [4.69, 9.17) is 4.74 Å². The van der Waals surface area contributed by atoms with Crippen molar-refractivity contribution in [2.24, 2.45) is 7.05 Å². The molecular weight excluding hydrogens is 250 g/mol. The van der Waals surface area contributed by atoms with Crippen LogP contribution in [0.4, 0.5) is 0 Å². The predicted molar refractivity (Wildman–Crippen MR) is 80.8 cm³/mol. The second kappa shape index (κ2) is 6.57. The summed E-state index contributed by atoms with van der Waals surface area (Å²) in [6.45, 7) is 7.90. The lowest BCUT2D eigenvalue weighted by Gasteiger charge is -2.15. The molecule has 0 aliphatic rings. The summed E-state index contributed by atoms with van der Waals surface area (Å²) in [4.78, 5) is 0. The van der Waals surface area contributed by atoms with Gasteiger partial charge in [-0.1, -0.05) is 19.1 Å². The standard InChI is InChI=1S/C16H23N3O/c1-5-17-13(3)15-6-7-16(12(2)8-15)20-11-14-9-18-19(4)10-14/h6-10,13,17H,5,11H2,1-4H3. The van der Waals surface area contributed by atoms with E-state index < -0.39 is 0 Å². The van der Waals surface area contributed by atoms with Crippen LogP contribution >= 0.6 is 0 Å². The molecule has 20 heavy (non-hydrogen) atoms. The van der Waals surface area contributed by atoms with Crippen molar-refractivity contribution in [3.05, 3.63) is 47.3 Å². The molecule has 4 nitrogen and oxygen atoms in total. The summed E-state index contributed by atoms with van der Waals surface area (Å²) in [5.74, 6) is 0.932. The van der Waals surface area contributed by atoms with E-state index in [1.807, 2.05) is 19.4 Å². The first-order chi connectivity index (χ1) is 9.60. The Bertz CT molecular complexity index is 563. The van der Waals surface area contributed by atoms with Crippen LogP contribution in [0.1, 0.15) is 36.6 Å². The van der Waals surface area contributed by atoms with E-state index in [0.29, 0.717) is 12.6 Å². The minimum Gasteiger partial charge on any atom is -0.489 e. The van der Waals surface area contributed by atoms with Gasteiger partial charge in [0.1, 0.15) is 12.4 Å². The first kappa shape index (κ1) is 14.6. The third-order valence-corrected chi connectivity index (χ3v) is 3.36. The van der Waals surface area contributed by atoms with Gasteiger partial charge in [0.25, 0.3) is 0 Å². The van der Waals surface area contributed by atoms with Crippen molar-refractivity contribution in [3.63, 3.8) is 0 Å². The van der Waals surface area contributed by atoms with Crippen molar-refractivity contribution in [1.29, 1.82) is 0 Å². The molecule has 108 valence electrons. The van der Waals surface area contributed by atoms with Crippen LogP contribution in [0.3, 0.4) is 0 Å².